The van der Waals surface area contributed by atoms with Gasteiger partial charge in [0.2, 0.25) is 10.0 Å². The van der Waals surface area contributed by atoms with Crippen LogP contribution in [-0.2, 0) is 16.6 Å². The van der Waals surface area contributed by atoms with Gasteiger partial charge in [0, 0.05) is 0 Å². The molecule has 11 heteroatoms. The predicted octanol–water partition coefficient (Wildman–Crippen LogP) is -0.626. The number of tetrazole rings is 1. The summed E-state index contributed by atoms with van der Waals surface area (Å²) in [6.45, 7) is -0.0425. The van der Waals surface area contributed by atoms with E-state index in [1.165, 1.54) is 6.07 Å². The van der Waals surface area contributed by atoms with Crippen LogP contribution in [0.2, 0.25) is 0 Å². The van der Waals surface area contributed by atoms with Crippen molar-refractivity contribution in [3.63, 3.8) is 0 Å². The highest BCUT2D eigenvalue weighted by Crippen LogP contribution is 2.21. The van der Waals surface area contributed by atoms with E-state index in [9.17, 15) is 8.42 Å². The van der Waals surface area contributed by atoms with E-state index in [2.05, 4.69) is 25.3 Å². The first-order valence-corrected chi connectivity index (χ1v) is 7.31. The van der Waals surface area contributed by atoms with E-state index >= 15 is 0 Å². The lowest BCUT2D eigenvalue weighted by Gasteiger charge is -2.00. The van der Waals surface area contributed by atoms with Crippen LogP contribution in [-0.4, -0.2) is 34.0 Å². The van der Waals surface area contributed by atoms with Crippen molar-refractivity contribution in [1.29, 1.82) is 0 Å². The van der Waals surface area contributed by atoms with Crippen molar-refractivity contribution < 1.29 is 8.42 Å². The molecular weight excluding hydrogens is 296 g/mol. The van der Waals surface area contributed by atoms with Crippen molar-refractivity contribution in [3.8, 4) is 0 Å². The Kier molecular flexibility index (Phi) is 3.65. The third-order valence-corrected chi connectivity index (χ3v) is 5.26. The molecule has 0 saturated carbocycles. The quantitative estimate of drug-likeness (QED) is 0.628. The third-order valence-electron chi connectivity index (χ3n) is 1.90. The Labute approximate surface area is 112 Å². The van der Waals surface area contributed by atoms with Gasteiger partial charge in [-0.1, -0.05) is 17.4 Å². The van der Waals surface area contributed by atoms with Crippen LogP contribution >= 0.6 is 23.6 Å². The zero-order valence-electron chi connectivity index (χ0n) is 8.82. The lowest BCUT2D eigenvalue weighted by Crippen LogP contribution is -2.23. The molecule has 0 aliphatic heterocycles. The van der Waals surface area contributed by atoms with Crippen LogP contribution in [0.5, 0.6) is 0 Å². The molecule has 0 saturated heterocycles. The molecule has 0 radical (unpaired) electrons. The lowest BCUT2D eigenvalue weighted by molar-refractivity contribution is 0.581. The average molecular weight is 304 g/mol. The first-order valence-electron chi connectivity index (χ1n) is 4.60. The molecular formula is C7H8N6O2S3. The largest absolute Gasteiger partial charge is 0.389 e. The minimum atomic E-state index is -3.62. The van der Waals surface area contributed by atoms with Gasteiger partial charge in [0.1, 0.15) is 9.20 Å². The van der Waals surface area contributed by atoms with Gasteiger partial charge < -0.3 is 5.73 Å². The van der Waals surface area contributed by atoms with E-state index in [1.54, 1.807) is 6.07 Å². The first kappa shape index (κ1) is 13.0. The van der Waals surface area contributed by atoms with Gasteiger partial charge in [-0.15, -0.1) is 21.5 Å². The van der Waals surface area contributed by atoms with Crippen molar-refractivity contribution in [2.75, 3.05) is 0 Å². The van der Waals surface area contributed by atoms with Crippen LogP contribution in [0.15, 0.2) is 16.3 Å². The summed E-state index contributed by atoms with van der Waals surface area (Å²) in [6, 6.07) is 3.01. The SMILES string of the molecule is NC(=S)c1ccc(S(=O)(=O)NCc2nn[nH]n2)s1. The third kappa shape index (κ3) is 2.87. The Bertz CT molecular complexity index is 647. The number of sulfonamides is 1. The van der Waals surface area contributed by atoms with Crippen molar-refractivity contribution >= 4 is 38.6 Å². The van der Waals surface area contributed by atoms with Crippen LogP contribution in [0.3, 0.4) is 0 Å². The van der Waals surface area contributed by atoms with Gasteiger partial charge in [-0.25, -0.2) is 13.1 Å². The van der Waals surface area contributed by atoms with E-state index < -0.39 is 10.0 Å². The molecule has 2 heterocycles. The maximum absolute atomic E-state index is 11.9. The maximum atomic E-state index is 11.9. The van der Waals surface area contributed by atoms with Gasteiger partial charge >= 0.3 is 0 Å². The summed E-state index contributed by atoms with van der Waals surface area (Å²) in [5.41, 5.74) is 5.42. The standard InChI is InChI=1S/C7H8N6O2S3/c8-7(16)4-1-2-6(17-4)18(14,15)9-3-5-10-12-13-11-5/h1-2,9H,3H2,(H2,8,16)(H,10,11,12,13). The second-order valence-corrected chi connectivity index (χ2v) is 6.65. The Hall–Kier alpha value is -1.43. The van der Waals surface area contributed by atoms with Gasteiger partial charge in [-0.05, 0) is 12.1 Å². The van der Waals surface area contributed by atoms with Gasteiger partial charge in [0.25, 0.3) is 0 Å². The molecule has 96 valence electrons. The minimum absolute atomic E-state index is 0.0425. The molecule has 0 aliphatic rings. The number of rotatable bonds is 5. The van der Waals surface area contributed by atoms with E-state index in [0.717, 1.165) is 11.3 Å². The van der Waals surface area contributed by atoms with E-state index in [4.69, 9.17) is 18.0 Å². The number of hydrogen-bond donors (Lipinski definition) is 3. The monoisotopic (exact) mass is 304 g/mol. The van der Waals surface area contributed by atoms with Crippen LogP contribution < -0.4 is 10.5 Å². The Morgan fingerprint density at radius 3 is 2.89 bits per heavy atom. The van der Waals surface area contributed by atoms with Gasteiger partial charge in [-0.3, -0.25) is 0 Å². The number of nitrogens with two attached hydrogens (primary N) is 1. The van der Waals surface area contributed by atoms with Crippen molar-refractivity contribution in [3.05, 3.63) is 22.8 Å². The molecule has 0 aliphatic carbocycles. The number of thiophene rings is 1. The normalized spacial score (nSPS) is 11.6. The number of thiocarbonyl (C=S) groups is 1. The fourth-order valence-electron chi connectivity index (χ4n) is 1.09. The molecule has 0 aromatic carbocycles. The minimum Gasteiger partial charge on any atom is -0.389 e. The molecule has 0 unspecified atom stereocenters. The van der Waals surface area contributed by atoms with Crippen LogP contribution in [0.4, 0.5) is 0 Å². The highest BCUT2D eigenvalue weighted by atomic mass is 32.2. The fourth-order valence-corrected chi connectivity index (χ4v) is 3.46. The molecule has 0 spiro atoms. The summed E-state index contributed by atoms with van der Waals surface area (Å²) >= 11 is 5.77. The molecule has 0 amide bonds. The Morgan fingerprint density at radius 1 is 1.56 bits per heavy atom. The lowest BCUT2D eigenvalue weighted by atomic mass is 10.5. The summed E-state index contributed by atoms with van der Waals surface area (Å²) in [6.07, 6.45) is 0. The molecule has 2 aromatic rings. The molecule has 2 rings (SSSR count). The van der Waals surface area contributed by atoms with Crippen LogP contribution in [0.25, 0.3) is 0 Å². The van der Waals surface area contributed by atoms with Crippen LogP contribution in [0.1, 0.15) is 10.7 Å². The summed E-state index contributed by atoms with van der Waals surface area (Å²) in [5.74, 6) is 0.254. The Morgan fingerprint density at radius 2 is 2.33 bits per heavy atom. The second kappa shape index (κ2) is 5.06. The highest BCUT2D eigenvalue weighted by molar-refractivity contribution is 7.91. The molecule has 0 fully saturated rings. The second-order valence-electron chi connectivity index (χ2n) is 3.14. The first-order chi connectivity index (χ1) is 8.49. The van der Waals surface area contributed by atoms with Gasteiger partial charge in [0.15, 0.2) is 5.82 Å². The van der Waals surface area contributed by atoms with E-state index in [-0.39, 0.29) is 21.6 Å². The molecule has 8 nitrogen and oxygen atoms in total. The fraction of sp³-hybridized carbons (Fsp3) is 0.143. The molecule has 0 atom stereocenters. The van der Waals surface area contributed by atoms with E-state index in [0.29, 0.717) is 4.88 Å². The number of nitrogens with one attached hydrogen (secondary N) is 2. The van der Waals surface area contributed by atoms with E-state index in [1.807, 2.05) is 0 Å². The van der Waals surface area contributed by atoms with Crippen LogP contribution in [0, 0.1) is 0 Å². The molecule has 4 N–H and O–H groups in total. The summed E-state index contributed by atoms with van der Waals surface area (Å²) in [4.78, 5) is 0.713. The van der Waals surface area contributed by atoms with Crippen molar-refractivity contribution in [1.82, 2.24) is 25.3 Å². The number of nitrogens with zero attached hydrogens (tertiary/aromatic N) is 3. The number of H-pyrrole nitrogens is 1. The van der Waals surface area contributed by atoms with Crippen molar-refractivity contribution in [2.24, 2.45) is 5.73 Å². The topological polar surface area (TPSA) is 127 Å². The molecule has 2 aromatic heterocycles. The predicted molar refractivity (Wildman–Crippen MR) is 68.4 cm³/mol. The zero-order valence-corrected chi connectivity index (χ0v) is 11.3. The summed E-state index contributed by atoms with van der Waals surface area (Å²) in [7, 11) is -3.62. The summed E-state index contributed by atoms with van der Waals surface area (Å²) in [5, 5.41) is 12.8. The zero-order chi connectivity index (χ0) is 13.2. The maximum Gasteiger partial charge on any atom is 0.250 e. The summed E-state index contributed by atoms with van der Waals surface area (Å²) < 4.78 is 26.3. The Balaban J connectivity index is 2.12. The highest BCUT2D eigenvalue weighted by Gasteiger charge is 2.18. The molecule has 0 bridgehead atoms. The average Bonchev–Trinajstić information content (AvgIpc) is 2.98. The van der Waals surface area contributed by atoms with Crippen molar-refractivity contribution in [2.45, 2.75) is 10.8 Å². The van der Waals surface area contributed by atoms with Gasteiger partial charge in [0.05, 0.1) is 11.4 Å². The molecule has 18 heavy (non-hydrogen) atoms. The smallest absolute Gasteiger partial charge is 0.250 e. The number of aromatic amines is 1. The van der Waals surface area contributed by atoms with Gasteiger partial charge in [-0.2, -0.15) is 5.21 Å². The number of aromatic nitrogens is 4. The number of hydrogen-bond acceptors (Lipinski definition) is 7.